The normalized spacial score (nSPS) is 14.0. The van der Waals surface area contributed by atoms with Gasteiger partial charge in [-0.1, -0.05) is 29.8 Å². The minimum absolute atomic E-state index is 0. The molecule has 0 aliphatic carbocycles. The van der Waals surface area contributed by atoms with Gasteiger partial charge < -0.3 is 31.4 Å². The Morgan fingerprint density at radius 3 is 2.06 bits per heavy atom. The number of hydrogen-bond acceptors (Lipinski definition) is 5. The quantitative estimate of drug-likeness (QED) is 0.322. The summed E-state index contributed by atoms with van der Waals surface area (Å²) in [7, 11) is 4.12. The zero-order valence-corrected chi connectivity index (χ0v) is 22.3. The van der Waals surface area contributed by atoms with E-state index in [1.165, 1.54) is 39.2 Å². The van der Waals surface area contributed by atoms with Gasteiger partial charge in [-0.2, -0.15) is 13.3 Å². The monoisotopic (exact) mass is 628 g/mol. The minimum Gasteiger partial charge on any atom is -0.512 e. The standard InChI is InChI=1S/C27H27N4.CN.Pt/c1-19-12-20(2)27(21(3)13-19)22-14-23(30-11-10-28(4)17-30)16-24(15-22)31-18-29(5)25-8-6-7-9-26(25)31;1-2;/h6-15,17-18H,1-5H3;;/q-3;-1;+4. The van der Waals surface area contributed by atoms with Crippen LogP contribution < -0.4 is 14.7 Å². The first kappa shape index (κ1) is 25.4. The summed E-state index contributed by atoms with van der Waals surface area (Å²) >= 11 is 0. The number of para-hydroxylation sites is 2. The maximum Gasteiger partial charge on any atom is 4.00 e. The Kier molecular flexibility index (Phi) is 7.74. The van der Waals surface area contributed by atoms with Crippen LogP contribution in [0.15, 0.2) is 60.9 Å². The van der Waals surface area contributed by atoms with Crippen LogP contribution in [0, 0.1) is 52.0 Å². The van der Waals surface area contributed by atoms with Gasteiger partial charge in [-0.15, -0.1) is 35.1 Å². The molecule has 0 aromatic heterocycles. The molecule has 0 atom stereocenters. The molecule has 2 aliphatic rings. The maximum atomic E-state index is 6.25. The molecule has 3 aromatic rings. The van der Waals surface area contributed by atoms with E-state index in [4.69, 9.17) is 11.8 Å². The Hall–Kier alpha value is -3.22. The fraction of sp³-hybridized carbons (Fsp3) is 0.179. The van der Waals surface area contributed by atoms with E-state index in [-0.39, 0.29) is 21.1 Å². The second-order valence-electron chi connectivity index (χ2n) is 8.48. The second kappa shape index (κ2) is 10.4. The fourth-order valence-electron chi connectivity index (χ4n) is 4.64. The van der Waals surface area contributed by atoms with Gasteiger partial charge in [0.05, 0.1) is 0 Å². The molecule has 0 unspecified atom stereocenters. The van der Waals surface area contributed by atoms with Crippen LogP contribution in [0.5, 0.6) is 0 Å². The third-order valence-corrected chi connectivity index (χ3v) is 5.92. The molecule has 3 aromatic carbocycles. The van der Waals surface area contributed by atoms with Crippen LogP contribution in [0.25, 0.3) is 11.1 Å². The molecule has 5 nitrogen and oxygen atoms in total. The Balaban J connectivity index is 0.00000105. The molecule has 2 aliphatic heterocycles. The van der Waals surface area contributed by atoms with Crippen molar-refractivity contribution in [2.45, 2.75) is 20.8 Å². The summed E-state index contributed by atoms with van der Waals surface area (Å²) in [6.45, 7) is 15.5. The maximum absolute atomic E-state index is 6.25. The molecule has 6 heteroatoms. The number of fused-ring (bicyclic) bond motifs is 1. The Morgan fingerprint density at radius 2 is 1.44 bits per heavy atom. The zero-order valence-electron chi connectivity index (χ0n) is 20.0. The summed E-state index contributed by atoms with van der Waals surface area (Å²) in [5.41, 5.74) is 10.8. The topological polar surface area (TPSA) is 36.8 Å². The van der Waals surface area contributed by atoms with Gasteiger partial charge in [-0.25, -0.2) is 0 Å². The molecular formula is C28H27N5Pt. The van der Waals surface area contributed by atoms with Crippen molar-refractivity contribution in [2.24, 2.45) is 0 Å². The Bertz CT molecular complexity index is 1210. The first-order chi connectivity index (χ1) is 15.9. The molecular weight excluding hydrogens is 601 g/mol. The summed E-state index contributed by atoms with van der Waals surface area (Å²) in [5.74, 6) is 0. The third kappa shape index (κ3) is 4.69. The molecule has 0 N–H and O–H groups in total. The van der Waals surface area contributed by atoms with Gasteiger partial charge in [-0.3, -0.25) is 0 Å². The zero-order chi connectivity index (χ0) is 23.7. The van der Waals surface area contributed by atoms with Crippen LogP contribution in [-0.2, 0) is 21.1 Å². The summed E-state index contributed by atoms with van der Waals surface area (Å²) in [4.78, 5) is 8.56. The second-order valence-corrected chi connectivity index (χ2v) is 8.48. The first-order valence-corrected chi connectivity index (χ1v) is 10.8. The van der Waals surface area contributed by atoms with E-state index < -0.39 is 0 Å². The van der Waals surface area contributed by atoms with Gasteiger partial charge >= 0.3 is 21.1 Å². The van der Waals surface area contributed by atoms with E-state index in [1.54, 1.807) is 0 Å². The van der Waals surface area contributed by atoms with Crippen molar-refractivity contribution in [3.05, 3.63) is 104 Å². The number of hydrogen-bond donors (Lipinski definition) is 0. The number of anilines is 4. The van der Waals surface area contributed by atoms with E-state index >= 15 is 0 Å². The number of nitrogens with zero attached hydrogens (tertiary/aromatic N) is 5. The van der Waals surface area contributed by atoms with Crippen LogP contribution >= 0.6 is 0 Å². The summed E-state index contributed by atoms with van der Waals surface area (Å²) in [6.07, 6.45) is 4.12. The van der Waals surface area contributed by atoms with E-state index in [0.29, 0.717) is 0 Å². The number of aryl methyl sites for hydroxylation is 3. The first-order valence-electron chi connectivity index (χ1n) is 10.8. The molecule has 0 bridgehead atoms. The molecule has 2 heterocycles. The van der Waals surface area contributed by atoms with Gasteiger partial charge in [-0.05, 0) is 76.1 Å². The molecule has 0 radical (unpaired) electrons. The van der Waals surface area contributed by atoms with Crippen molar-refractivity contribution in [3.8, 4) is 11.1 Å². The molecule has 0 saturated carbocycles. The summed E-state index contributed by atoms with van der Waals surface area (Å²) in [5, 5.41) is 6.25. The van der Waals surface area contributed by atoms with Gasteiger partial charge in [0.25, 0.3) is 0 Å². The molecule has 5 rings (SSSR count). The van der Waals surface area contributed by atoms with E-state index in [2.05, 4.69) is 117 Å². The van der Waals surface area contributed by atoms with Crippen LogP contribution in [0.1, 0.15) is 16.7 Å². The summed E-state index contributed by atoms with van der Waals surface area (Å²) < 4.78 is 0. The predicted octanol–water partition coefficient (Wildman–Crippen LogP) is 6.22. The van der Waals surface area contributed by atoms with Gasteiger partial charge in [0.15, 0.2) is 0 Å². The number of rotatable bonds is 3. The Labute approximate surface area is 217 Å². The van der Waals surface area contributed by atoms with E-state index in [9.17, 15) is 0 Å². The average Bonchev–Trinajstić information content (AvgIpc) is 3.38. The van der Waals surface area contributed by atoms with Crippen molar-refractivity contribution in [3.63, 3.8) is 0 Å². The van der Waals surface area contributed by atoms with E-state index in [0.717, 1.165) is 11.4 Å². The molecule has 34 heavy (non-hydrogen) atoms. The Morgan fingerprint density at radius 1 is 0.824 bits per heavy atom. The van der Waals surface area contributed by atoms with Crippen molar-refractivity contribution in [1.82, 2.24) is 4.90 Å². The number of benzene rings is 3. The molecule has 0 amide bonds. The van der Waals surface area contributed by atoms with Crippen LogP contribution in [0.3, 0.4) is 0 Å². The largest absolute Gasteiger partial charge is 4.00 e. The SMILES string of the molecule is Cc1cc(C)c(-c2cc(N3C=CN(C)[CH-]3)[c-]c(N3[CH-]N(C)c4ccccc43)c2)c(C)c1.[C-]#N.[Pt+4]. The molecule has 0 fully saturated rings. The van der Waals surface area contributed by atoms with Crippen molar-refractivity contribution in [1.29, 1.82) is 5.26 Å². The van der Waals surface area contributed by atoms with Crippen LogP contribution in [0.4, 0.5) is 22.7 Å². The van der Waals surface area contributed by atoms with Gasteiger partial charge in [0.1, 0.15) is 0 Å². The van der Waals surface area contributed by atoms with Crippen LogP contribution in [-0.4, -0.2) is 19.0 Å². The molecule has 0 spiro atoms. The third-order valence-electron chi connectivity index (χ3n) is 5.92. The van der Waals surface area contributed by atoms with Gasteiger partial charge in [0.2, 0.25) is 0 Å². The molecule has 174 valence electrons. The van der Waals surface area contributed by atoms with Gasteiger partial charge in [0, 0.05) is 11.4 Å². The van der Waals surface area contributed by atoms with Crippen molar-refractivity contribution in [2.75, 3.05) is 28.8 Å². The van der Waals surface area contributed by atoms with Crippen LogP contribution in [0.2, 0.25) is 0 Å². The molecule has 0 saturated heterocycles. The summed E-state index contributed by atoms with van der Waals surface area (Å²) in [6, 6.07) is 21.1. The van der Waals surface area contributed by atoms with Crippen molar-refractivity contribution >= 4 is 22.7 Å². The van der Waals surface area contributed by atoms with E-state index in [1.807, 2.05) is 18.1 Å². The fourth-order valence-corrected chi connectivity index (χ4v) is 4.64. The van der Waals surface area contributed by atoms with Crippen molar-refractivity contribution < 1.29 is 21.1 Å². The predicted molar refractivity (Wildman–Crippen MR) is 135 cm³/mol. The minimum atomic E-state index is 0. The smallest absolute Gasteiger partial charge is 0.512 e. The average molecular weight is 629 g/mol.